The number of methoxy groups -OCH3 is 1. The van der Waals surface area contributed by atoms with Gasteiger partial charge in [0.25, 0.3) is 5.69 Å². The zero-order valence-electron chi connectivity index (χ0n) is 14.2. The summed E-state index contributed by atoms with van der Waals surface area (Å²) in [4.78, 5) is 10.4. The van der Waals surface area contributed by atoms with Crippen molar-refractivity contribution in [2.24, 2.45) is 0 Å². The van der Waals surface area contributed by atoms with Gasteiger partial charge in [0, 0.05) is 6.07 Å². The highest BCUT2D eigenvalue weighted by Crippen LogP contribution is 2.34. The van der Waals surface area contributed by atoms with Crippen LogP contribution in [-0.4, -0.2) is 12.0 Å². The molecule has 1 heterocycles. The highest BCUT2D eigenvalue weighted by Gasteiger charge is 2.15. The molecule has 0 spiro atoms. The number of rotatable bonds is 5. The van der Waals surface area contributed by atoms with Crippen molar-refractivity contribution in [3.63, 3.8) is 0 Å². The second-order valence-electron chi connectivity index (χ2n) is 5.52. The van der Waals surface area contributed by atoms with Gasteiger partial charge in [-0.1, -0.05) is 12.1 Å². The number of non-ortho nitro benzene ring substituents is 1. The van der Waals surface area contributed by atoms with Crippen LogP contribution in [0.2, 0.25) is 0 Å². The topological polar surface area (TPSA) is 89.3 Å². The first-order chi connectivity index (χ1) is 13.0. The quantitative estimate of drug-likeness (QED) is 0.358. The monoisotopic (exact) mass is 364 g/mol. The molecule has 0 bridgehead atoms. The number of nitrogens with zero attached hydrogens (tertiary/aromatic N) is 2. The van der Waals surface area contributed by atoms with Gasteiger partial charge in [-0.3, -0.25) is 10.1 Å². The van der Waals surface area contributed by atoms with Gasteiger partial charge in [-0.15, -0.1) is 0 Å². The number of benzene rings is 2. The Kier molecular flexibility index (Phi) is 4.99. The van der Waals surface area contributed by atoms with Crippen LogP contribution >= 0.6 is 0 Å². The van der Waals surface area contributed by atoms with Crippen molar-refractivity contribution in [3.05, 3.63) is 81.9 Å². The summed E-state index contributed by atoms with van der Waals surface area (Å²) in [5.74, 6) is 0.653. The Labute approximate surface area is 153 Å². The summed E-state index contributed by atoms with van der Waals surface area (Å²) in [5.41, 5.74) is 1.11. The van der Waals surface area contributed by atoms with Crippen molar-refractivity contribution in [1.82, 2.24) is 0 Å². The number of hydrogen-bond donors (Lipinski definition) is 0. The van der Waals surface area contributed by atoms with E-state index in [1.165, 1.54) is 49.6 Å². The van der Waals surface area contributed by atoms with Gasteiger partial charge >= 0.3 is 0 Å². The molecule has 2 aromatic carbocycles. The Morgan fingerprint density at radius 2 is 2.07 bits per heavy atom. The summed E-state index contributed by atoms with van der Waals surface area (Å²) < 4.78 is 24.3. The molecule has 0 saturated carbocycles. The SMILES string of the molecule is COc1cc([N+](=O)[O-])ccc1-c1ccc(/C=C(/C#N)c2cccc(F)c2)o1. The standard InChI is InChI=1S/C20H13FN2O4/c1-26-20-11-16(23(24)25)5-7-18(20)19-8-6-17(27-19)10-14(12-22)13-3-2-4-15(21)9-13/h2-11H,1H3/b14-10-. The molecule has 0 aliphatic rings. The van der Waals surface area contributed by atoms with E-state index in [9.17, 15) is 19.8 Å². The number of halogens is 1. The summed E-state index contributed by atoms with van der Waals surface area (Å²) >= 11 is 0. The van der Waals surface area contributed by atoms with Crippen LogP contribution in [0.4, 0.5) is 10.1 Å². The van der Waals surface area contributed by atoms with Gasteiger partial charge in [0.1, 0.15) is 23.1 Å². The zero-order valence-corrected chi connectivity index (χ0v) is 14.2. The van der Waals surface area contributed by atoms with Crippen LogP contribution in [-0.2, 0) is 0 Å². The maximum absolute atomic E-state index is 13.4. The number of ether oxygens (including phenoxy) is 1. The molecule has 3 aromatic rings. The summed E-state index contributed by atoms with van der Waals surface area (Å²) in [5, 5.41) is 20.2. The summed E-state index contributed by atoms with van der Waals surface area (Å²) in [6.07, 6.45) is 1.50. The Hall–Kier alpha value is -3.92. The molecule has 27 heavy (non-hydrogen) atoms. The average Bonchev–Trinajstić information content (AvgIpc) is 3.13. The maximum atomic E-state index is 13.4. The molecule has 0 radical (unpaired) electrons. The number of hydrogen-bond acceptors (Lipinski definition) is 5. The summed E-state index contributed by atoms with van der Waals surface area (Å²) in [6, 6.07) is 15.2. The Balaban J connectivity index is 1.97. The molecule has 0 aliphatic carbocycles. The number of nitriles is 1. The van der Waals surface area contributed by atoms with Crippen molar-refractivity contribution >= 4 is 17.3 Å². The van der Waals surface area contributed by atoms with Crippen LogP contribution in [0.15, 0.2) is 59.0 Å². The lowest BCUT2D eigenvalue weighted by Gasteiger charge is -2.05. The lowest BCUT2D eigenvalue weighted by atomic mass is 10.1. The van der Waals surface area contributed by atoms with Gasteiger partial charge in [-0.25, -0.2) is 4.39 Å². The van der Waals surface area contributed by atoms with Crippen molar-refractivity contribution in [2.45, 2.75) is 0 Å². The third-order valence-electron chi connectivity index (χ3n) is 3.83. The second-order valence-corrected chi connectivity index (χ2v) is 5.52. The number of nitro benzene ring substituents is 1. The molecule has 0 aliphatic heterocycles. The van der Waals surface area contributed by atoms with E-state index in [1.807, 2.05) is 6.07 Å². The fourth-order valence-electron chi connectivity index (χ4n) is 2.55. The molecule has 0 atom stereocenters. The van der Waals surface area contributed by atoms with E-state index in [-0.39, 0.29) is 11.3 Å². The minimum absolute atomic E-state index is 0.0971. The van der Waals surface area contributed by atoms with Gasteiger partial charge < -0.3 is 9.15 Å². The van der Waals surface area contributed by atoms with Crippen LogP contribution in [0.25, 0.3) is 23.0 Å². The molecule has 0 unspecified atom stereocenters. The first-order valence-electron chi connectivity index (χ1n) is 7.82. The maximum Gasteiger partial charge on any atom is 0.273 e. The third kappa shape index (κ3) is 3.85. The molecule has 7 heteroatoms. The van der Waals surface area contributed by atoms with E-state index < -0.39 is 10.7 Å². The van der Waals surface area contributed by atoms with Gasteiger partial charge in [0.05, 0.1) is 35.3 Å². The lowest BCUT2D eigenvalue weighted by molar-refractivity contribution is -0.384. The first-order valence-corrected chi connectivity index (χ1v) is 7.82. The number of nitro groups is 1. The highest BCUT2D eigenvalue weighted by atomic mass is 19.1. The Bertz CT molecular complexity index is 1080. The first kappa shape index (κ1) is 17.9. The fourth-order valence-corrected chi connectivity index (χ4v) is 2.55. The van der Waals surface area contributed by atoms with E-state index in [0.717, 1.165) is 0 Å². The average molecular weight is 364 g/mol. The van der Waals surface area contributed by atoms with Gasteiger partial charge in [-0.05, 0) is 42.0 Å². The second kappa shape index (κ2) is 7.54. The van der Waals surface area contributed by atoms with E-state index in [0.29, 0.717) is 28.4 Å². The molecule has 3 rings (SSSR count). The number of allylic oxidation sites excluding steroid dienone is 1. The summed E-state index contributed by atoms with van der Waals surface area (Å²) in [6.45, 7) is 0. The summed E-state index contributed by atoms with van der Waals surface area (Å²) in [7, 11) is 1.41. The van der Waals surface area contributed by atoms with E-state index in [1.54, 1.807) is 18.2 Å². The Morgan fingerprint density at radius 3 is 2.74 bits per heavy atom. The van der Waals surface area contributed by atoms with Crippen molar-refractivity contribution in [3.8, 4) is 23.1 Å². The lowest BCUT2D eigenvalue weighted by Crippen LogP contribution is -1.92. The minimum Gasteiger partial charge on any atom is -0.496 e. The van der Waals surface area contributed by atoms with Crippen molar-refractivity contribution in [2.75, 3.05) is 7.11 Å². The zero-order chi connectivity index (χ0) is 19.4. The normalized spacial score (nSPS) is 11.1. The van der Waals surface area contributed by atoms with Crippen LogP contribution in [0.1, 0.15) is 11.3 Å². The fraction of sp³-hybridized carbons (Fsp3) is 0.0500. The van der Waals surface area contributed by atoms with E-state index in [4.69, 9.17) is 9.15 Å². The molecule has 1 aromatic heterocycles. The van der Waals surface area contributed by atoms with E-state index in [2.05, 4.69) is 0 Å². The van der Waals surface area contributed by atoms with Gasteiger partial charge in [0.2, 0.25) is 0 Å². The van der Waals surface area contributed by atoms with Crippen LogP contribution < -0.4 is 4.74 Å². The Morgan fingerprint density at radius 1 is 1.26 bits per heavy atom. The molecular formula is C20H13FN2O4. The molecule has 0 saturated heterocycles. The van der Waals surface area contributed by atoms with E-state index >= 15 is 0 Å². The molecular weight excluding hydrogens is 351 g/mol. The van der Waals surface area contributed by atoms with Crippen molar-refractivity contribution in [1.29, 1.82) is 5.26 Å². The molecule has 134 valence electrons. The van der Waals surface area contributed by atoms with Gasteiger partial charge in [-0.2, -0.15) is 5.26 Å². The van der Waals surface area contributed by atoms with Crippen LogP contribution in [0, 0.1) is 27.3 Å². The molecule has 0 fully saturated rings. The van der Waals surface area contributed by atoms with Crippen LogP contribution in [0.3, 0.4) is 0 Å². The minimum atomic E-state index is -0.513. The molecule has 6 nitrogen and oxygen atoms in total. The largest absolute Gasteiger partial charge is 0.496 e. The van der Waals surface area contributed by atoms with Crippen molar-refractivity contribution < 1.29 is 18.5 Å². The highest BCUT2D eigenvalue weighted by molar-refractivity contribution is 5.89. The van der Waals surface area contributed by atoms with Crippen LogP contribution in [0.5, 0.6) is 5.75 Å². The predicted molar refractivity (Wildman–Crippen MR) is 97.2 cm³/mol. The molecule has 0 N–H and O–H groups in total. The molecule has 0 amide bonds. The third-order valence-corrected chi connectivity index (χ3v) is 3.83. The predicted octanol–water partition coefficient (Wildman–Crippen LogP) is 5.07. The smallest absolute Gasteiger partial charge is 0.273 e. The van der Waals surface area contributed by atoms with Gasteiger partial charge in [0.15, 0.2) is 0 Å². The number of furan rings is 1.